The van der Waals surface area contributed by atoms with E-state index in [0.717, 1.165) is 6.42 Å². The van der Waals surface area contributed by atoms with Crippen LogP contribution in [0, 0.1) is 17.8 Å². The molecule has 1 rings (SSSR count). The molecular weight excluding hydrogens is 400 g/mol. The maximum Gasteiger partial charge on any atom is 0.317 e. The number of benzene rings is 1. The number of ketones is 2. The van der Waals surface area contributed by atoms with Gasteiger partial charge < -0.3 is 14.2 Å². The molecular formula is C24H34O7. The van der Waals surface area contributed by atoms with Crippen molar-refractivity contribution in [1.29, 1.82) is 0 Å². The van der Waals surface area contributed by atoms with Gasteiger partial charge in [-0.2, -0.15) is 0 Å². The Morgan fingerprint density at radius 1 is 0.806 bits per heavy atom. The third-order valence-corrected chi connectivity index (χ3v) is 4.90. The average molecular weight is 435 g/mol. The maximum absolute atomic E-state index is 12.6. The zero-order valence-corrected chi connectivity index (χ0v) is 19.3. The summed E-state index contributed by atoms with van der Waals surface area (Å²) in [5, 5.41) is 0. The minimum absolute atomic E-state index is 0.0715. The predicted molar refractivity (Wildman–Crippen MR) is 116 cm³/mol. The molecule has 1 aromatic carbocycles. The lowest BCUT2D eigenvalue weighted by molar-refractivity contribution is -0.157. The van der Waals surface area contributed by atoms with Gasteiger partial charge in [-0.15, -0.1) is 0 Å². The van der Waals surface area contributed by atoms with Crippen LogP contribution in [-0.2, 0) is 28.7 Å². The fourth-order valence-corrected chi connectivity index (χ4v) is 3.37. The highest BCUT2D eigenvalue weighted by Gasteiger charge is 2.45. The van der Waals surface area contributed by atoms with Crippen LogP contribution in [0.2, 0.25) is 0 Å². The second-order valence-corrected chi connectivity index (χ2v) is 7.81. The quantitative estimate of drug-likeness (QED) is 0.345. The van der Waals surface area contributed by atoms with E-state index in [1.807, 2.05) is 0 Å². The monoisotopic (exact) mass is 434 g/mol. The van der Waals surface area contributed by atoms with Crippen LogP contribution in [0.25, 0.3) is 0 Å². The van der Waals surface area contributed by atoms with Crippen LogP contribution < -0.4 is 4.74 Å². The van der Waals surface area contributed by atoms with E-state index in [4.69, 9.17) is 14.2 Å². The number of carbonyl (C=O) groups excluding carboxylic acids is 4. The lowest BCUT2D eigenvalue weighted by Gasteiger charge is -2.29. The minimum Gasteiger partial charge on any atom is -0.494 e. The zero-order chi connectivity index (χ0) is 23.6. The van der Waals surface area contributed by atoms with E-state index in [-0.39, 0.29) is 13.2 Å². The summed E-state index contributed by atoms with van der Waals surface area (Å²) in [6.07, 6.45) is 0.898. The Morgan fingerprint density at radius 3 is 1.61 bits per heavy atom. The van der Waals surface area contributed by atoms with Gasteiger partial charge in [0, 0.05) is 5.92 Å². The summed E-state index contributed by atoms with van der Waals surface area (Å²) in [7, 11) is 0. The molecule has 0 heterocycles. The molecule has 0 unspecified atom stereocenters. The third kappa shape index (κ3) is 7.81. The van der Waals surface area contributed by atoms with Crippen molar-refractivity contribution in [2.24, 2.45) is 17.8 Å². The molecule has 7 nitrogen and oxygen atoms in total. The molecule has 0 fully saturated rings. The van der Waals surface area contributed by atoms with Crippen molar-refractivity contribution >= 4 is 23.5 Å². The van der Waals surface area contributed by atoms with E-state index < -0.39 is 41.3 Å². The molecule has 0 saturated carbocycles. The predicted octanol–water partition coefficient (Wildman–Crippen LogP) is 3.73. The molecule has 0 spiro atoms. The molecule has 7 heteroatoms. The maximum atomic E-state index is 12.6. The van der Waals surface area contributed by atoms with Gasteiger partial charge in [-0.3, -0.25) is 19.2 Å². The van der Waals surface area contributed by atoms with Gasteiger partial charge in [0.05, 0.1) is 19.8 Å². The van der Waals surface area contributed by atoms with E-state index in [2.05, 4.69) is 13.8 Å². The van der Waals surface area contributed by atoms with Gasteiger partial charge in [-0.1, -0.05) is 26.0 Å². The standard InChI is InChI=1S/C24H34O7/c1-7-29-23(27)20(16(5)25)22(21(17(6)26)24(28)30-8-2)18-9-11-19(12-10-18)31-14-13-15(3)4/h9-12,15,20-22H,7-8,13-14H2,1-6H3/t20-,21-/m1/s1. The Morgan fingerprint density at radius 2 is 1.26 bits per heavy atom. The first-order chi connectivity index (χ1) is 14.6. The molecule has 0 radical (unpaired) electrons. The molecule has 0 aromatic heterocycles. The molecule has 1 aromatic rings. The van der Waals surface area contributed by atoms with Crippen LogP contribution in [0.4, 0.5) is 0 Å². The number of rotatable bonds is 13. The molecule has 0 saturated heterocycles. The Labute approximate surface area is 184 Å². The lowest BCUT2D eigenvalue weighted by atomic mass is 9.73. The van der Waals surface area contributed by atoms with Gasteiger partial charge in [-0.25, -0.2) is 0 Å². The molecule has 172 valence electrons. The van der Waals surface area contributed by atoms with Crippen molar-refractivity contribution in [3.8, 4) is 5.75 Å². The first kappa shape index (κ1) is 26.3. The highest BCUT2D eigenvalue weighted by atomic mass is 16.5. The van der Waals surface area contributed by atoms with Crippen molar-refractivity contribution in [1.82, 2.24) is 0 Å². The van der Waals surface area contributed by atoms with Gasteiger partial charge >= 0.3 is 11.9 Å². The van der Waals surface area contributed by atoms with E-state index in [1.165, 1.54) is 13.8 Å². The SMILES string of the molecule is CCOC(=O)[C@H](C(C)=O)C(c1ccc(OCCC(C)C)cc1)[C@@H](C(C)=O)C(=O)OCC. The molecule has 0 bridgehead atoms. The van der Waals surface area contributed by atoms with Crippen LogP contribution in [0.15, 0.2) is 24.3 Å². The summed E-state index contributed by atoms with van der Waals surface area (Å²) in [5.74, 6) is -5.07. The molecule has 0 aliphatic carbocycles. The fourth-order valence-electron chi connectivity index (χ4n) is 3.37. The van der Waals surface area contributed by atoms with Crippen LogP contribution in [0.1, 0.15) is 59.4 Å². The van der Waals surface area contributed by atoms with Gasteiger partial charge in [-0.05, 0) is 57.7 Å². The van der Waals surface area contributed by atoms with Gasteiger partial charge in [0.2, 0.25) is 0 Å². The molecule has 2 atom stereocenters. The number of Topliss-reactive ketones (excluding diaryl/α,β-unsaturated/α-hetero) is 2. The Bertz CT molecular complexity index is 716. The van der Waals surface area contributed by atoms with Crippen LogP contribution in [0.5, 0.6) is 5.75 Å². The van der Waals surface area contributed by atoms with Crippen molar-refractivity contribution in [3.63, 3.8) is 0 Å². The van der Waals surface area contributed by atoms with Crippen molar-refractivity contribution in [2.75, 3.05) is 19.8 Å². The van der Waals surface area contributed by atoms with E-state index >= 15 is 0 Å². The highest BCUT2D eigenvalue weighted by Crippen LogP contribution is 2.36. The zero-order valence-electron chi connectivity index (χ0n) is 19.3. The molecule has 0 aliphatic heterocycles. The van der Waals surface area contributed by atoms with Crippen molar-refractivity contribution in [3.05, 3.63) is 29.8 Å². The number of ether oxygens (including phenoxy) is 3. The van der Waals surface area contributed by atoms with Gasteiger partial charge in [0.25, 0.3) is 0 Å². The van der Waals surface area contributed by atoms with Gasteiger partial charge in [0.1, 0.15) is 29.2 Å². The fraction of sp³-hybridized carbons (Fsp3) is 0.583. The Kier molecular flexibility index (Phi) is 10.9. The Hall–Kier alpha value is -2.70. The summed E-state index contributed by atoms with van der Waals surface area (Å²) >= 11 is 0. The third-order valence-electron chi connectivity index (χ3n) is 4.90. The second kappa shape index (κ2) is 12.9. The normalized spacial score (nSPS) is 12.9. The summed E-state index contributed by atoms with van der Waals surface area (Å²) in [5.41, 5.74) is 0.484. The second-order valence-electron chi connectivity index (χ2n) is 7.81. The number of hydrogen-bond acceptors (Lipinski definition) is 7. The number of esters is 2. The lowest BCUT2D eigenvalue weighted by Crippen LogP contribution is -2.40. The van der Waals surface area contributed by atoms with E-state index in [0.29, 0.717) is 23.8 Å². The molecule has 31 heavy (non-hydrogen) atoms. The highest BCUT2D eigenvalue weighted by molar-refractivity contribution is 6.04. The molecule has 0 amide bonds. The molecule has 0 aliphatic rings. The van der Waals surface area contributed by atoms with Crippen LogP contribution >= 0.6 is 0 Å². The smallest absolute Gasteiger partial charge is 0.317 e. The van der Waals surface area contributed by atoms with Crippen LogP contribution in [-0.4, -0.2) is 43.3 Å². The Balaban J connectivity index is 3.40. The summed E-state index contributed by atoms with van der Waals surface area (Å²) in [4.78, 5) is 50.2. The van der Waals surface area contributed by atoms with E-state index in [9.17, 15) is 19.2 Å². The van der Waals surface area contributed by atoms with Crippen molar-refractivity contribution in [2.45, 2.75) is 53.9 Å². The number of carbonyl (C=O) groups is 4. The number of hydrogen-bond donors (Lipinski definition) is 0. The summed E-state index contributed by atoms with van der Waals surface area (Å²) < 4.78 is 15.9. The topological polar surface area (TPSA) is 96.0 Å². The van der Waals surface area contributed by atoms with Gasteiger partial charge in [0.15, 0.2) is 0 Å². The van der Waals surface area contributed by atoms with Crippen LogP contribution in [0.3, 0.4) is 0 Å². The van der Waals surface area contributed by atoms with Crippen molar-refractivity contribution < 1.29 is 33.4 Å². The largest absolute Gasteiger partial charge is 0.494 e. The molecule has 0 N–H and O–H groups in total. The average Bonchev–Trinajstić information content (AvgIpc) is 2.67. The minimum atomic E-state index is -1.31. The summed E-state index contributed by atoms with van der Waals surface area (Å²) in [6, 6.07) is 6.74. The first-order valence-electron chi connectivity index (χ1n) is 10.7. The van der Waals surface area contributed by atoms with E-state index in [1.54, 1.807) is 38.1 Å². The summed E-state index contributed by atoms with van der Waals surface area (Å²) in [6.45, 7) is 10.7. The first-order valence-corrected chi connectivity index (χ1v) is 10.7.